The fourth-order valence-electron chi connectivity index (χ4n) is 0.534. The van der Waals surface area contributed by atoms with Crippen LogP contribution in [0, 0.1) is 0 Å². The Balaban J connectivity index is 0.000000640. The van der Waals surface area contributed by atoms with Crippen molar-refractivity contribution in [3.63, 3.8) is 0 Å². The molecule has 0 aliphatic carbocycles. The summed E-state index contributed by atoms with van der Waals surface area (Å²) in [6.45, 7) is 0.327. The van der Waals surface area contributed by atoms with Gasteiger partial charge in [-0.15, -0.1) is 0 Å². The predicted octanol–water partition coefficient (Wildman–Crippen LogP) is -0.277. The molecule has 4 heteroatoms. The lowest BCUT2D eigenvalue weighted by atomic mass is 10.4. The largest absolute Gasteiger partial charge is 0.442 e. The summed E-state index contributed by atoms with van der Waals surface area (Å²) in [5.74, 6) is 0. The fraction of sp³-hybridized carbons (Fsp3) is 0.800. The standard InChI is InChI=1S/C4H7NO3.CH4/c6-2-3-1-5-4(7)8-3;/h3,6H,1-2H2,(H,5,7);1H4/t3-;/m1./s1. The topological polar surface area (TPSA) is 58.6 Å². The second kappa shape index (κ2) is 3.29. The Hall–Kier alpha value is -0.770. The second-order valence-corrected chi connectivity index (χ2v) is 1.59. The molecule has 0 spiro atoms. The van der Waals surface area contributed by atoms with Crippen LogP contribution in [0.25, 0.3) is 0 Å². The number of hydrogen-bond donors (Lipinski definition) is 2. The van der Waals surface area contributed by atoms with Crippen LogP contribution in [-0.4, -0.2) is 30.5 Å². The van der Waals surface area contributed by atoms with Gasteiger partial charge in [-0.1, -0.05) is 7.43 Å². The van der Waals surface area contributed by atoms with Crippen LogP contribution >= 0.6 is 0 Å². The highest BCUT2D eigenvalue weighted by atomic mass is 16.6. The molecule has 0 unspecified atom stereocenters. The van der Waals surface area contributed by atoms with Crippen molar-refractivity contribution in [3.8, 4) is 0 Å². The van der Waals surface area contributed by atoms with Crippen molar-refractivity contribution in [1.29, 1.82) is 0 Å². The number of amides is 1. The number of carbonyl (C=O) groups is 1. The minimum Gasteiger partial charge on any atom is -0.442 e. The van der Waals surface area contributed by atoms with E-state index in [1.54, 1.807) is 0 Å². The van der Waals surface area contributed by atoms with Crippen LogP contribution in [-0.2, 0) is 4.74 Å². The lowest BCUT2D eigenvalue weighted by Gasteiger charge is -1.98. The highest BCUT2D eigenvalue weighted by molar-refractivity contribution is 5.69. The number of ether oxygens (including phenoxy) is 1. The number of cyclic esters (lactones) is 1. The van der Waals surface area contributed by atoms with E-state index in [1.807, 2.05) is 0 Å². The SMILES string of the molecule is C.O=C1NC[C@H](CO)O1. The number of alkyl carbamates (subject to hydrolysis) is 1. The molecule has 1 amide bonds. The monoisotopic (exact) mass is 133 g/mol. The molecule has 4 nitrogen and oxygen atoms in total. The highest BCUT2D eigenvalue weighted by Crippen LogP contribution is 1.96. The number of aliphatic hydroxyl groups is 1. The van der Waals surface area contributed by atoms with E-state index >= 15 is 0 Å². The van der Waals surface area contributed by atoms with Gasteiger partial charge in [0.1, 0.15) is 6.10 Å². The van der Waals surface area contributed by atoms with Crippen LogP contribution in [0.5, 0.6) is 0 Å². The number of carbonyl (C=O) groups excluding carboxylic acids is 1. The van der Waals surface area contributed by atoms with E-state index in [1.165, 1.54) is 0 Å². The van der Waals surface area contributed by atoms with Gasteiger partial charge in [0.2, 0.25) is 0 Å². The molecule has 1 rings (SSSR count). The first-order valence-corrected chi connectivity index (χ1v) is 2.38. The number of nitrogens with one attached hydrogen (secondary N) is 1. The molecule has 2 N–H and O–H groups in total. The summed E-state index contributed by atoms with van der Waals surface area (Å²) >= 11 is 0. The lowest BCUT2D eigenvalue weighted by Crippen LogP contribution is -2.17. The lowest BCUT2D eigenvalue weighted by molar-refractivity contribution is 0.0961. The van der Waals surface area contributed by atoms with Crippen LogP contribution in [0.4, 0.5) is 4.79 Å². The first-order valence-electron chi connectivity index (χ1n) is 2.38. The minimum atomic E-state index is -0.441. The molecular formula is C5H11NO3. The van der Waals surface area contributed by atoms with Crippen molar-refractivity contribution in [2.24, 2.45) is 0 Å². The van der Waals surface area contributed by atoms with Gasteiger partial charge in [-0.2, -0.15) is 0 Å². The van der Waals surface area contributed by atoms with Crippen molar-refractivity contribution in [3.05, 3.63) is 0 Å². The zero-order valence-corrected chi connectivity index (χ0v) is 4.26. The van der Waals surface area contributed by atoms with Crippen molar-refractivity contribution >= 4 is 6.09 Å². The molecule has 1 saturated heterocycles. The number of aliphatic hydroxyl groups excluding tert-OH is 1. The van der Waals surface area contributed by atoms with E-state index in [4.69, 9.17) is 5.11 Å². The first kappa shape index (κ1) is 8.23. The molecule has 0 saturated carbocycles. The van der Waals surface area contributed by atoms with Crippen LogP contribution in [0.3, 0.4) is 0 Å². The predicted molar refractivity (Wildman–Crippen MR) is 32.1 cm³/mol. The average Bonchev–Trinajstić information content (AvgIpc) is 2.14. The Bertz CT molecular complexity index is 104. The van der Waals surface area contributed by atoms with Crippen LogP contribution in [0.2, 0.25) is 0 Å². The maximum Gasteiger partial charge on any atom is 0.407 e. The van der Waals surface area contributed by atoms with E-state index in [-0.39, 0.29) is 20.1 Å². The molecule has 1 aliphatic heterocycles. The molecule has 0 aromatic heterocycles. The molecule has 1 atom stereocenters. The third-order valence-corrected chi connectivity index (χ3v) is 0.951. The molecule has 0 aromatic carbocycles. The van der Waals surface area contributed by atoms with Gasteiger partial charge in [-0.25, -0.2) is 4.79 Å². The molecule has 0 radical (unpaired) electrons. The Morgan fingerprint density at radius 3 is 2.78 bits per heavy atom. The Morgan fingerprint density at radius 2 is 2.56 bits per heavy atom. The van der Waals surface area contributed by atoms with Gasteiger partial charge in [0.25, 0.3) is 0 Å². The minimum absolute atomic E-state index is 0. The molecular weight excluding hydrogens is 122 g/mol. The van der Waals surface area contributed by atoms with Crippen molar-refractivity contribution in [2.45, 2.75) is 13.5 Å². The summed E-state index contributed by atoms with van der Waals surface area (Å²) in [6.07, 6.45) is -0.772. The molecule has 9 heavy (non-hydrogen) atoms. The maximum absolute atomic E-state index is 10.2. The quantitative estimate of drug-likeness (QED) is 0.517. The summed E-state index contributed by atoms with van der Waals surface area (Å²) in [5, 5.41) is 10.8. The molecule has 54 valence electrons. The summed E-state index contributed by atoms with van der Waals surface area (Å²) in [7, 11) is 0. The fourth-order valence-corrected chi connectivity index (χ4v) is 0.534. The van der Waals surface area contributed by atoms with Crippen LogP contribution < -0.4 is 5.32 Å². The van der Waals surface area contributed by atoms with Gasteiger partial charge in [-0.05, 0) is 0 Å². The van der Waals surface area contributed by atoms with Crippen LogP contribution in [0.1, 0.15) is 7.43 Å². The Kier molecular flexibility index (Phi) is 3.01. The second-order valence-electron chi connectivity index (χ2n) is 1.59. The zero-order chi connectivity index (χ0) is 5.98. The van der Waals surface area contributed by atoms with E-state index in [2.05, 4.69) is 10.1 Å². The highest BCUT2D eigenvalue weighted by Gasteiger charge is 2.20. The first-order chi connectivity index (χ1) is 3.83. The van der Waals surface area contributed by atoms with Gasteiger partial charge in [-0.3, -0.25) is 0 Å². The number of hydrogen-bond acceptors (Lipinski definition) is 3. The van der Waals surface area contributed by atoms with Gasteiger partial charge in [0, 0.05) is 0 Å². The van der Waals surface area contributed by atoms with Gasteiger partial charge >= 0.3 is 6.09 Å². The Morgan fingerprint density at radius 1 is 1.89 bits per heavy atom. The van der Waals surface area contributed by atoms with Gasteiger partial charge in [0.15, 0.2) is 0 Å². The molecule has 1 aliphatic rings. The van der Waals surface area contributed by atoms with E-state index in [0.717, 1.165) is 0 Å². The number of rotatable bonds is 1. The molecule has 1 fully saturated rings. The normalized spacial score (nSPS) is 24.1. The third kappa shape index (κ3) is 1.89. The summed E-state index contributed by atoms with van der Waals surface area (Å²) < 4.78 is 4.51. The smallest absolute Gasteiger partial charge is 0.407 e. The van der Waals surface area contributed by atoms with E-state index < -0.39 is 6.09 Å². The van der Waals surface area contributed by atoms with Crippen LogP contribution in [0.15, 0.2) is 0 Å². The van der Waals surface area contributed by atoms with Gasteiger partial charge in [0.05, 0.1) is 13.2 Å². The van der Waals surface area contributed by atoms with E-state index in [0.29, 0.717) is 6.54 Å². The zero-order valence-electron chi connectivity index (χ0n) is 4.26. The summed E-state index contributed by atoms with van der Waals surface area (Å²) in [6, 6.07) is 0. The summed E-state index contributed by atoms with van der Waals surface area (Å²) in [4.78, 5) is 10.2. The average molecular weight is 133 g/mol. The van der Waals surface area contributed by atoms with Crippen molar-refractivity contribution < 1.29 is 14.6 Å². The van der Waals surface area contributed by atoms with Crippen molar-refractivity contribution in [2.75, 3.05) is 13.2 Å². The third-order valence-electron chi connectivity index (χ3n) is 0.951. The molecule has 1 heterocycles. The molecule has 0 bridgehead atoms. The van der Waals surface area contributed by atoms with Gasteiger partial charge < -0.3 is 15.2 Å². The summed E-state index contributed by atoms with van der Waals surface area (Å²) in [5.41, 5.74) is 0. The maximum atomic E-state index is 10.2. The molecule has 0 aromatic rings. The Labute approximate surface area is 53.8 Å². The van der Waals surface area contributed by atoms with Crippen molar-refractivity contribution in [1.82, 2.24) is 5.32 Å². The van der Waals surface area contributed by atoms with E-state index in [9.17, 15) is 4.79 Å².